The van der Waals surface area contributed by atoms with Gasteiger partial charge >= 0.3 is 0 Å². The molecule has 0 aliphatic heterocycles. The minimum Gasteiger partial charge on any atom is -0.490 e. The first-order chi connectivity index (χ1) is 11.9. The highest BCUT2D eigenvalue weighted by atomic mass is 32.1. The van der Waals surface area contributed by atoms with E-state index in [0.717, 1.165) is 29.9 Å². The molecule has 0 atom stereocenters. The summed E-state index contributed by atoms with van der Waals surface area (Å²) in [7, 11) is 0. The van der Waals surface area contributed by atoms with Crippen LogP contribution in [0.25, 0.3) is 11.0 Å². The van der Waals surface area contributed by atoms with E-state index in [9.17, 15) is 0 Å². The van der Waals surface area contributed by atoms with Gasteiger partial charge in [0.05, 0.1) is 5.52 Å². The van der Waals surface area contributed by atoms with Crippen molar-refractivity contribution in [2.75, 3.05) is 13.2 Å². The van der Waals surface area contributed by atoms with Crippen molar-refractivity contribution in [2.24, 2.45) is 0 Å². The van der Waals surface area contributed by atoms with E-state index >= 15 is 0 Å². The van der Waals surface area contributed by atoms with Crippen molar-refractivity contribution < 1.29 is 4.74 Å². The second-order valence-electron chi connectivity index (χ2n) is 7.23. The molecule has 0 aliphatic carbocycles. The van der Waals surface area contributed by atoms with Gasteiger partial charge in [-0.15, -0.1) is 0 Å². The fraction of sp³-hybridized carbons (Fsp3) is 0.350. The molecular formula is C20H25N3OS. The van der Waals surface area contributed by atoms with Gasteiger partial charge in [0.15, 0.2) is 4.77 Å². The zero-order valence-corrected chi connectivity index (χ0v) is 15.8. The third-order valence-corrected chi connectivity index (χ3v) is 4.40. The van der Waals surface area contributed by atoms with Crippen LogP contribution in [-0.2, 0) is 12.0 Å². The zero-order valence-electron chi connectivity index (χ0n) is 15.0. The lowest BCUT2D eigenvalue weighted by atomic mass is 9.87. The standard InChI is InChI=1S/C20H25N3OS/c1-20(2,3)15-9-7-14(8-10-15)13-21-11-12-24-17-6-4-5-16-18(17)23-19(25)22-16/h4-10,21H,11-13H2,1-3H3,(H2,22,23,25). The van der Waals surface area contributed by atoms with Crippen molar-refractivity contribution in [1.29, 1.82) is 0 Å². The fourth-order valence-corrected chi connectivity index (χ4v) is 2.95. The van der Waals surface area contributed by atoms with Crippen molar-refractivity contribution in [3.63, 3.8) is 0 Å². The lowest BCUT2D eigenvalue weighted by Gasteiger charge is -2.19. The van der Waals surface area contributed by atoms with Crippen LogP contribution in [0.2, 0.25) is 0 Å². The molecule has 0 bridgehead atoms. The number of H-pyrrole nitrogens is 2. The largest absolute Gasteiger partial charge is 0.490 e. The first kappa shape index (κ1) is 17.7. The van der Waals surface area contributed by atoms with Crippen LogP contribution in [0.15, 0.2) is 42.5 Å². The number of para-hydroxylation sites is 1. The van der Waals surface area contributed by atoms with Gasteiger partial charge in [-0.1, -0.05) is 51.1 Å². The summed E-state index contributed by atoms with van der Waals surface area (Å²) in [5.41, 5.74) is 4.72. The maximum Gasteiger partial charge on any atom is 0.175 e. The molecule has 1 heterocycles. The molecular weight excluding hydrogens is 330 g/mol. The maximum atomic E-state index is 5.87. The Balaban J connectivity index is 1.48. The van der Waals surface area contributed by atoms with Gasteiger partial charge in [-0.05, 0) is 40.9 Å². The zero-order chi connectivity index (χ0) is 17.9. The fourth-order valence-electron chi connectivity index (χ4n) is 2.74. The van der Waals surface area contributed by atoms with Crippen molar-refractivity contribution in [2.45, 2.75) is 32.7 Å². The quantitative estimate of drug-likeness (QED) is 0.444. The van der Waals surface area contributed by atoms with Crippen LogP contribution in [0, 0.1) is 4.77 Å². The number of fused-ring (bicyclic) bond motifs is 1. The first-order valence-corrected chi connectivity index (χ1v) is 8.98. The molecule has 4 nitrogen and oxygen atoms in total. The molecule has 0 unspecified atom stereocenters. The Hall–Kier alpha value is -2.11. The molecule has 0 aliphatic rings. The third kappa shape index (κ3) is 4.50. The minimum atomic E-state index is 0.195. The number of rotatable bonds is 6. The van der Waals surface area contributed by atoms with Crippen molar-refractivity contribution in [1.82, 2.24) is 15.3 Å². The molecule has 0 saturated heterocycles. The number of hydrogen-bond acceptors (Lipinski definition) is 3. The average molecular weight is 356 g/mol. The topological polar surface area (TPSA) is 52.8 Å². The van der Waals surface area contributed by atoms with E-state index in [1.807, 2.05) is 18.2 Å². The minimum absolute atomic E-state index is 0.195. The number of imidazole rings is 1. The first-order valence-electron chi connectivity index (χ1n) is 8.57. The monoisotopic (exact) mass is 355 g/mol. The second-order valence-corrected chi connectivity index (χ2v) is 7.64. The Morgan fingerprint density at radius 3 is 2.52 bits per heavy atom. The highest BCUT2D eigenvalue weighted by molar-refractivity contribution is 7.71. The molecule has 132 valence electrons. The number of nitrogens with one attached hydrogen (secondary N) is 3. The van der Waals surface area contributed by atoms with E-state index in [1.165, 1.54) is 11.1 Å². The number of hydrogen-bond donors (Lipinski definition) is 3. The Bertz CT molecular complexity index is 888. The van der Waals surface area contributed by atoms with Gasteiger partial charge in [0, 0.05) is 13.1 Å². The lowest BCUT2D eigenvalue weighted by molar-refractivity contribution is 0.316. The van der Waals surface area contributed by atoms with E-state index in [1.54, 1.807) is 0 Å². The van der Waals surface area contributed by atoms with Gasteiger partial charge in [-0.25, -0.2) is 0 Å². The molecule has 3 N–H and O–H groups in total. The number of aromatic amines is 2. The highest BCUT2D eigenvalue weighted by Crippen LogP contribution is 2.23. The van der Waals surface area contributed by atoms with E-state index in [2.05, 4.69) is 60.3 Å². The van der Waals surface area contributed by atoms with Crippen LogP contribution < -0.4 is 10.1 Å². The normalized spacial score (nSPS) is 11.8. The van der Waals surface area contributed by atoms with Gasteiger partial charge in [0.1, 0.15) is 17.9 Å². The molecule has 0 saturated carbocycles. The van der Waals surface area contributed by atoms with Crippen LogP contribution in [0.1, 0.15) is 31.9 Å². The van der Waals surface area contributed by atoms with Crippen molar-refractivity contribution in [3.8, 4) is 5.75 Å². The maximum absolute atomic E-state index is 5.87. The van der Waals surface area contributed by atoms with E-state index in [0.29, 0.717) is 11.4 Å². The average Bonchev–Trinajstić information content (AvgIpc) is 2.95. The number of benzene rings is 2. The van der Waals surface area contributed by atoms with Crippen LogP contribution in [0.5, 0.6) is 5.75 Å². The Morgan fingerprint density at radius 2 is 1.80 bits per heavy atom. The van der Waals surface area contributed by atoms with Crippen LogP contribution in [0.4, 0.5) is 0 Å². The SMILES string of the molecule is CC(C)(C)c1ccc(CNCCOc2cccc3[nH]c(=S)[nH]c23)cc1. The summed E-state index contributed by atoms with van der Waals surface area (Å²) in [6.07, 6.45) is 0. The molecule has 2 aromatic carbocycles. The summed E-state index contributed by atoms with van der Waals surface area (Å²) >= 11 is 5.13. The molecule has 0 spiro atoms. The predicted molar refractivity (Wildman–Crippen MR) is 106 cm³/mol. The number of aromatic nitrogens is 2. The molecule has 3 rings (SSSR count). The molecule has 0 fully saturated rings. The van der Waals surface area contributed by atoms with Gasteiger partial charge in [0.2, 0.25) is 0 Å². The highest BCUT2D eigenvalue weighted by Gasteiger charge is 2.12. The molecule has 1 aromatic heterocycles. The van der Waals surface area contributed by atoms with Crippen LogP contribution in [-0.4, -0.2) is 23.1 Å². The summed E-state index contributed by atoms with van der Waals surface area (Å²) in [4.78, 5) is 6.23. The van der Waals surface area contributed by atoms with Gasteiger partial charge in [-0.2, -0.15) is 0 Å². The van der Waals surface area contributed by atoms with Crippen molar-refractivity contribution >= 4 is 23.3 Å². The van der Waals surface area contributed by atoms with Crippen LogP contribution >= 0.6 is 12.2 Å². The van der Waals surface area contributed by atoms with Crippen LogP contribution in [0.3, 0.4) is 0 Å². The van der Waals surface area contributed by atoms with E-state index in [4.69, 9.17) is 17.0 Å². The molecule has 3 aromatic rings. The van der Waals surface area contributed by atoms with Gasteiger partial charge < -0.3 is 20.0 Å². The van der Waals surface area contributed by atoms with Gasteiger partial charge in [0.25, 0.3) is 0 Å². The molecule has 5 heteroatoms. The Kier molecular flexibility index (Phi) is 5.25. The summed E-state index contributed by atoms with van der Waals surface area (Å²) < 4.78 is 6.49. The number of ether oxygens (including phenoxy) is 1. The summed E-state index contributed by atoms with van der Waals surface area (Å²) in [6, 6.07) is 14.7. The lowest BCUT2D eigenvalue weighted by Crippen LogP contribution is -2.20. The Labute approximate surface area is 153 Å². The summed E-state index contributed by atoms with van der Waals surface area (Å²) in [6.45, 7) is 8.91. The van der Waals surface area contributed by atoms with Gasteiger partial charge in [-0.3, -0.25) is 0 Å². The summed E-state index contributed by atoms with van der Waals surface area (Å²) in [5.74, 6) is 0.821. The van der Waals surface area contributed by atoms with E-state index in [-0.39, 0.29) is 5.41 Å². The van der Waals surface area contributed by atoms with Crippen molar-refractivity contribution in [3.05, 3.63) is 58.4 Å². The van der Waals surface area contributed by atoms with E-state index < -0.39 is 0 Å². The summed E-state index contributed by atoms with van der Waals surface area (Å²) in [5, 5.41) is 3.42. The Morgan fingerprint density at radius 1 is 1.04 bits per heavy atom. The smallest absolute Gasteiger partial charge is 0.175 e. The molecule has 0 radical (unpaired) electrons. The third-order valence-electron chi connectivity index (χ3n) is 4.20. The second kappa shape index (κ2) is 7.42. The molecule has 25 heavy (non-hydrogen) atoms. The predicted octanol–water partition coefficient (Wildman–Crippen LogP) is 4.69. The molecule has 0 amide bonds.